The molecule has 1 aromatic heterocycles. The second-order valence-electron chi connectivity index (χ2n) is 6.31. The number of rotatable bonds is 6. The summed E-state index contributed by atoms with van der Waals surface area (Å²) in [4.78, 5) is 0. The molecule has 0 amide bonds. The van der Waals surface area contributed by atoms with Crippen LogP contribution >= 0.6 is 15.9 Å². The van der Waals surface area contributed by atoms with Crippen molar-refractivity contribution in [1.82, 2.24) is 4.57 Å². The average molecular weight is 389 g/mol. The van der Waals surface area contributed by atoms with Crippen molar-refractivity contribution in [2.45, 2.75) is 26.9 Å². The molecule has 0 fully saturated rings. The van der Waals surface area contributed by atoms with Gasteiger partial charge in [0.15, 0.2) is 0 Å². The number of nitrogens with zero attached hydrogens (tertiary/aromatic N) is 2. The number of imidazole rings is 1. The van der Waals surface area contributed by atoms with E-state index in [1.165, 1.54) is 5.52 Å². The standard InChI is InChI=1S/C19H22BrN3O/c1-14(2)13-23-18-6-4-3-5-17(18)22(19(23)21)11-12-24-16-9-7-15(20)8-10-16/h3-10,14,21H,11-13H2,1-2H3/p+1. The first-order valence-corrected chi connectivity index (χ1v) is 9.00. The van der Waals surface area contributed by atoms with Crippen LogP contribution in [0.5, 0.6) is 5.75 Å². The lowest BCUT2D eigenvalue weighted by molar-refractivity contribution is -0.663. The van der Waals surface area contributed by atoms with E-state index in [2.05, 4.69) is 57.1 Å². The first-order valence-electron chi connectivity index (χ1n) is 8.21. The van der Waals surface area contributed by atoms with Gasteiger partial charge in [0, 0.05) is 4.47 Å². The number of halogens is 1. The van der Waals surface area contributed by atoms with Crippen LogP contribution in [0.4, 0.5) is 5.95 Å². The molecule has 0 aliphatic carbocycles. The highest BCUT2D eigenvalue weighted by atomic mass is 79.9. The van der Waals surface area contributed by atoms with Crippen LogP contribution in [0.2, 0.25) is 0 Å². The minimum Gasteiger partial charge on any atom is -0.490 e. The number of fused-ring (bicyclic) bond motifs is 1. The van der Waals surface area contributed by atoms with E-state index in [1.807, 2.05) is 30.3 Å². The number of para-hydroxylation sites is 2. The predicted molar refractivity (Wildman–Crippen MR) is 101 cm³/mol. The molecule has 0 unspecified atom stereocenters. The summed E-state index contributed by atoms with van der Waals surface area (Å²) in [6.45, 7) is 6.61. The lowest BCUT2D eigenvalue weighted by Gasteiger charge is -2.07. The second kappa shape index (κ2) is 7.26. The number of nitrogens with two attached hydrogens (primary N) is 1. The van der Waals surface area contributed by atoms with Gasteiger partial charge in [-0.3, -0.25) is 5.73 Å². The topological polar surface area (TPSA) is 44.1 Å². The van der Waals surface area contributed by atoms with Crippen LogP contribution < -0.4 is 15.0 Å². The number of hydrogen-bond acceptors (Lipinski definition) is 2. The van der Waals surface area contributed by atoms with E-state index >= 15 is 0 Å². The van der Waals surface area contributed by atoms with E-state index in [0.29, 0.717) is 19.1 Å². The summed E-state index contributed by atoms with van der Waals surface area (Å²) < 4.78 is 11.2. The Bertz CT molecular complexity index is 824. The molecule has 5 heteroatoms. The summed E-state index contributed by atoms with van der Waals surface area (Å²) in [5.41, 5.74) is 8.75. The molecule has 2 N–H and O–H groups in total. The van der Waals surface area contributed by atoms with Gasteiger partial charge < -0.3 is 4.74 Å². The van der Waals surface area contributed by atoms with Crippen LogP contribution in [0.15, 0.2) is 53.0 Å². The Morgan fingerprint density at radius 1 is 1.12 bits per heavy atom. The fourth-order valence-electron chi connectivity index (χ4n) is 2.89. The molecule has 2 aromatic carbocycles. The Labute approximate surface area is 151 Å². The van der Waals surface area contributed by atoms with Gasteiger partial charge in [0.1, 0.15) is 29.9 Å². The van der Waals surface area contributed by atoms with E-state index in [9.17, 15) is 0 Å². The zero-order valence-corrected chi connectivity index (χ0v) is 15.7. The molecule has 0 aliphatic rings. The van der Waals surface area contributed by atoms with E-state index < -0.39 is 0 Å². The summed E-state index contributed by atoms with van der Waals surface area (Å²) in [6, 6.07) is 16.2. The normalized spacial score (nSPS) is 11.3. The molecule has 0 atom stereocenters. The molecular formula is C19H23BrN3O+. The highest BCUT2D eigenvalue weighted by molar-refractivity contribution is 9.10. The van der Waals surface area contributed by atoms with Gasteiger partial charge in [-0.1, -0.05) is 41.9 Å². The summed E-state index contributed by atoms with van der Waals surface area (Å²) in [7, 11) is 0. The number of benzene rings is 2. The van der Waals surface area contributed by atoms with E-state index in [-0.39, 0.29) is 0 Å². The Hall–Kier alpha value is -2.01. The van der Waals surface area contributed by atoms with Crippen LogP contribution in [0.3, 0.4) is 0 Å². The number of ether oxygens (including phenoxy) is 1. The zero-order valence-electron chi connectivity index (χ0n) is 14.1. The Kier molecular flexibility index (Phi) is 5.09. The van der Waals surface area contributed by atoms with Gasteiger partial charge in [-0.2, -0.15) is 0 Å². The molecule has 0 saturated carbocycles. The third kappa shape index (κ3) is 3.56. The lowest BCUT2D eigenvalue weighted by atomic mass is 10.2. The van der Waals surface area contributed by atoms with Crippen LogP contribution in [0.25, 0.3) is 11.0 Å². The van der Waals surface area contributed by atoms with Gasteiger partial charge in [0.05, 0.1) is 6.54 Å². The Morgan fingerprint density at radius 2 is 1.83 bits per heavy atom. The molecule has 0 aliphatic heterocycles. The molecule has 4 nitrogen and oxygen atoms in total. The minimum absolute atomic E-state index is 0.538. The van der Waals surface area contributed by atoms with Crippen molar-refractivity contribution in [3.05, 3.63) is 53.0 Å². The lowest BCUT2D eigenvalue weighted by Crippen LogP contribution is -2.39. The minimum atomic E-state index is 0.538. The van der Waals surface area contributed by atoms with Crippen LogP contribution in [-0.2, 0) is 13.1 Å². The van der Waals surface area contributed by atoms with Gasteiger partial charge >= 0.3 is 5.95 Å². The van der Waals surface area contributed by atoms with Crippen LogP contribution in [0.1, 0.15) is 13.8 Å². The maximum Gasteiger partial charge on any atom is 0.356 e. The van der Waals surface area contributed by atoms with Crippen molar-refractivity contribution in [2.75, 3.05) is 12.3 Å². The maximum absolute atomic E-state index is 6.43. The molecule has 3 rings (SSSR count). The molecular weight excluding hydrogens is 366 g/mol. The molecule has 3 aromatic rings. The fourth-order valence-corrected chi connectivity index (χ4v) is 3.16. The number of anilines is 1. The highest BCUT2D eigenvalue weighted by Crippen LogP contribution is 2.18. The summed E-state index contributed by atoms with van der Waals surface area (Å²) in [5, 5.41) is 0. The molecule has 0 radical (unpaired) electrons. The molecule has 126 valence electrons. The van der Waals surface area contributed by atoms with Crippen molar-refractivity contribution in [2.24, 2.45) is 5.92 Å². The van der Waals surface area contributed by atoms with Crippen molar-refractivity contribution >= 4 is 32.9 Å². The Balaban J connectivity index is 1.81. The van der Waals surface area contributed by atoms with E-state index in [1.54, 1.807) is 0 Å². The number of nitrogen functional groups attached to an aromatic ring is 1. The van der Waals surface area contributed by atoms with Gasteiger partial charge in [0.25, 0.3) is 0 Å². The smallest absolute Gasteiger partial charge is 0.356 e. The average Bonchev–Trinajstić information content (AvgIpc) is 2.82. The molecule has 0 saturated heterocycles. The zero-order chi connectivity index (χ0) is 17.1. The molecule has 24 heavy (non-hydrogen) atoms. The number of hydrogen-bond donors (Lipinski definition) is 1. The second-order valence-corrected chi connectivity index (χ2v) is 7.22. The number of aromatic nitrogens is 2. The monoisotopic (exact) mass is 388 g/mol. The molecule has 0 bridgehead atoms. The first kappa shape index (κ1) is 16.8. The third-order valence-corrected chi connectivity index (χ3v) is 4.49. The van der Waals surface area contributed by atoms with Crippen molar-refractivity contribution in [3.63, 3.8) is 0 Å². The van der Waals surface area contributed by atoms with E-state index in [0.717, 1.165) is 28.2 Å². The van der Waals surface area contributed by atoms with Crippen molar-refractivity contribution in [1.29, 1.82) is 0 Å². The third-order valence-electron chi connectivity index (χ3n) is 3.96. The van der Waals surface area contributed by atoms with Gasteiger partial charge in [-0.15, -0.1) is 0 Å². The fraction of sp³-hybridized carbons (Fsp3) is 0.316. The summed E-state index contributed by atoms with van der Waals surface area (Å²) in [5.74, 6) is 2.18. The van der Waals surface area contributed by atoms with Gasteiger partial charge in [-0.25, -0.2) is 9.13 Å². The Morgan fingerprint density at radius 3 is 2.54 bits per heavy atom. The highest BCUT2D eigenvalue weighted by Gasteiger charge is 2.21. The van der Waals surface area contributed by atoms with Crippen LogP contribution in [0, 0.1) is 5.92 Å². The molecule has 0 spiro atoms. The SMILES string of the molecule is CC(C)C[n+]1c(N)n(CCOc2ccc(Br)cc2)c2ccccc21. The first-order chi connectivity index (χ1) is 11.6. The largest absolute Gasteiger partial charge is 0.490 e. The quantitative estimate of drug-likeness (QED) is 0.648. The maximum atomic E-state index is 6.43. The van der Waals surface area contributed by atoms with E-state index in [4.69, 9.17) is 10.5 Å². The predicted octanol–water partition coefficient (Wildman–Crippen LogP) is 4.01. The summed E-state index contributed by atoms with van der Waals surface area (Å²) in [6.07, 6.45) is 0. The van der Waals surface area contributed by atoms with Crippen molar-refractivity contribution < 1.29 is 9.30 Å². The van der Waals surface area contributed by atoms with Gasteiger partial charge in [0.2, 0.25) is 0 Å². The van der Waals surface area contributed by atoms with Crippen LogP contribution in [-0.4, -0.2) is 11.2 Å². The van der Waals surface area contributed by atoms with Gasteiger partial charge in [-0.05, 0) is 42.3 Å². The molecule has 1 heterocycles. The van der Waals surface area contributed by atoms with Crippen molar-refractivity contribution in [3.8, 4) is 5.75 Å². The summed E-state index contributed by atoms with van der Waals surface area (Å²) >= 11 is 3.43.